The van der Waals surface area contributed by atoms with Crippen LogP contribution in [0.15, 0.2) is 23.4 Å². The predicted molar refractivity (Wildman–Crippen MR) is 68.5 cm³/mol. The van der Waals surface area contributed by atoms with Gasteiger partial charge in [0.1, 0.15) is 18.0 Å². The Labute approximate surface area is 119 Å². The van der Waals surface area contributed by atoms with Crippen LogP contribution in [0.4, 0.5) is 4.39 Å². The fraction of sp³-hybridized carbons (Fsp3) is 0.182. The molecule has 10 heteroatoms. The van der Waals surface area contributed by atoms with Gasteiger partial charge in [-0.15, -0.1) is 0 Å². The van der Waals surface area contributed by atoms with Crippen molar-refractivity contribution in [3.05, 3.63) is 41.2 Å². The molecule has 0 amide bonds. The molecule has 1 heterocycles. The second-order valence-electron chi connectivity index (χ2n) is 4.16. The molecule has 112 valence electrons. The molecule has 0 aliphatic carbocycles. The number of rotatable bonds is 5. The minimum atomic E-state index is -4.00. The van der Waals surface area contributed by atoms with E-state index < -0.39 is 27.4 Å². The summed E-state index contributed by atoms with van der Waals surface area (Å²) in [4.78, 5) is 14.3. The predicted octanol–water partition coefficient (Wildman–Crippen LogP) is 0.429. The second kappa shape index (κ2) is 5.58. The van der Waals surface area contributed by atoms with Gasteiger partial charge in [-0.3, -0.25) is 5.10 Å². The highest BCUT2D eigenvalue weighted by atomic mass is 32.2. The second-order valence-corrected chi connectivity index (χ2v) is 5.93. The number of benzene rings is 1. The van der Waals surface area contributed by atoms with Crippen LogP contribution in [-0.2, 0) is 16.6 Å². The van der Waals surface area contributed by atoms with E-state index in [0.29, 0.717) is 0 Å². The van der Waals surface area contributed by atoms with Gasteiger partial charge < -0.3 is 5.11 Å². The molecule has 0 spiro atoms. The Morgan fingerprint density at radius 3 is 2.76 bits per heavy atom. The maximum Gasteiger partial charge on any atom is 0.338 e. The van der Waals surface area contributed by atoms with Crippen LogP contribution in [0, 0.1) is 12.7 Å². The molecule has 0 bridgehead atoms. The molecule has 0 atom stereocenters. The van der Waals surface area contributed by atoms with Gasteiger partial charge in [-0.25, -0.2) is 27.3 Å². The third-order valence-corrected chi connectivity index (χ3v) is 4.04. The average Bonchev–Trinajstić information content (AvgIpc) is 2.92. The number of aryl methyl sites for hydroxylation is 1. The van der Waals surface area contributed by atoms with Crippen molar-refractivity contribution >= 4 is 16.0 Å². The number of nitrogens with zero attached hydrogens (tertiary/aromatic N) is 2. The van der Waals surface area contributed by atoms with Gasteiger partial charge >= 0.3 is 5.97 Å². The lowest BCUT2D eigenvalue weighted by Crippen LogP contribution is -2.24. The Morgan fingerprint density at radius 1 is 1.48 bits per heavy atom. The van der Waals surface area contributed by atoms with Gasteiger partial charge in [-0.1, -0.05) is 0 Å². The summed E-state index contributed by atoms with van der Waals surface area (Å²) in [6, 6.07) is 1.83. The number of carboxylic acids is 1. The van der Waals surface area contributed by atoms with Gasteiger partial charge in [0.15, 0.2) is 0 Å². The fourth-order valence-electron chi connectivity index (χ4n) is 1.61. The first-order chi connectivity index (χ1) is 9.81. The molecule has 1 aromatic heterocycles. The molecule has 3 N–H and O–H groups in total. The summed E-state index contributed by atoms with van der Waals surface area (Å²) < 4.78 is 40.0. The molecule has 0 radical (unpaired) electrons. The van der Waals surface area contributed by atoms with Gasteiger partial charge in [-0.05, 0) is 24.6 Å². The first-order valence-electron chi connectivity index (χ1n) is 5.68. The zero-order valence-corrected chi connectivity index (χ0v) is 11.6. The number of carboxylic acid groups (broad SMARTS) is 1. The van der Waals surface area contributed by atoms with Crippen molar-refractivity contribution in [1.29, 1.82) is 0 Å². The Balaban J connectivity index is 2.33. The van der Waals surface area contributed by atoms with Gasteiger partial charge in [0.25, 0.3) is 0 Å². The monoisotopic (exact) mass is 314 g/mol. The van der Waals surface area contributed by atoms with E-state index in [-0.39, 0.29) is 22.8 Å². The normalized spacial score (nSPS) is 11.5. The largest absolute Gasteiger partial charge is 0.478 e. The molecule has 0 aliphatic rings. The molecular weight excluding hydrogens is 303 g/mol. The van der Waals surface area contributed by atoms with Gasteiger partial charge in [0, 0.05) is 0 Å². The van der Waals surface area contributed by atoms with Crippen molar-refractivity contribution in [2.75, 3.05) is 0 Å². The van der Waals surface area contributed by atoms with Crippen LogP contribution in [0.25, 0.3) is 0 Å². The van der Waals surface area contributed by atoms with Crippen molar-refractivity contribution in [3.8, 4) is 0 Å². The van der Waals surface area contributed by atoms with Crippen LogP contribution in [0.2, 0.25) is 0 Å². The van der Waals surface area contributed by atoms with E-state index in [4.69, 9.17) is 5.11 Å². The first kappa shape index (κ1) is 15.1. The number of aromatic carboxylic acids is 1. The quantitative estimate of drug-likeness (QED) is 0.735. The number of H-pyrrole nitrogens is 1. The van der Waals surface area contributed by atoms with E-state index in [9.17, 15) is 17.6 Å². The molecular formula is C11H11FN4O4S. The highest BCUT2D eigenvalue weighted by Gasteiger charge is 2.21. The Morgan fingerprint density at radius 2 is 2.19 bits per heavy atom. The smallest absolute Gasteiger partial charge is 0.338 e. The molecule has 0 fully saturated rings. The number of nitrogens with one attached hydrogen (secondary N) is 2. The molecule has 0 saturated heterocycles. The molecule has 0 aliphatic heterocycles. The average molecular weight is 314 g/mol. The highest BCUT2D eigenvalue weighted by molar-refractivity contribution is 7.89. The van der Waals surface area contributed by atoms with E-state index in [1.165, 1.54) is 13.3 Å². The summed E-state index contributed by atoms with van der Waals surface area (Å²) in [7, 11) is -4.00. The molecule has 2 aromatic rings. The summed E-state index contributed by atoms with van der Waals surface area (Å²) >= 11 is 0. The Bertz CT molecular complexity index is 774. The van der Waals surface area contributed by atoms with E-state index >= 15 is 0 Å². The van der Waals surface area contributed by atoms with Crippen molar-refractivity contribution < 1.29 is 22.7 Å². The topological polar surface area (TPSA) is 125 Å². The number of sulfonamides is 1. The lowest BCUT2D eigenvalue weighted by molar-refractivity contribution is 0.0691. The third kappa shape index (κ3) is 3.23. The van der Waals surface area contributed by atoms with Gasteiger partial charge in [0.2, 0.25) is 10.0 Å². The van der Waals surface area contributed by atoms with E-state index in [0.717, 1.165) is 12.1 Å². The number of hydrogen-bond acceptors (Lipinski definition) is 5. The standard InChI is InChI=1S/C11H11FN4O4S/c1-6-2-7(3-8(10(6)12)11(17)18)21(19,20)15-4-9-13-5-14-16-9/h2-3,5,15H,4H2,1H3,(H,17,18)(H,13,14,16). The zero-order chi connectivity index (χ0) is 15.6. The summed E-state index contributed by atoms with van der Waals surface area (Å²) in [5.74, 6) is -2.21. The van der Waals surface area contributed by atoms with Crippen LogP contribution in [0.1, 0.15) is 21.7 Å². The third-order valence-electron chi connectivity index (χ3n) is 2.66. The number of carbonyl (C=O) groups is 1. The molecule has 0 saturated carbocycles. The molecule has 21 heavy (non-hydrogen) atoms. The summed E-state index contributed by atoms with van der Waals surface area (Å²) in [5, 5.41) is 14.9. The van der Waals surface area contributed by atoms with Crippen molar-refractivity contribution in [2.45, 2.75) is 18.4 Å². The van der Waals surface area contributed by atoms with Gasteiger partial charge in [-0.2, -0.15) is 5.10 Å². The Kier molecular flexibility index (Phi) is 4.00. The molecule has 1 aromatic carbocycles. The fourth-order valence-corrected chi connectivity index (χ4v) is 2.71. The van der Waals surface area contributed by atoms with Crippen LogP contribution in [0.3, 0.4) is 0 Å². The molecule has 0 unspecified atom stereocenters. The molecule has 2 rings (SSSR count). The van der Waals surface area contributed by atoms with Gasteiger partial charge in [0.05, 0.1) is 17.0 Å². The zero-order valence-electron chi connectivity index (χ0n) is 10.8. The minimum absolute atomic E-state index is 0.0741. The number of halogens is 1. The maximum atomic E-state index is 13.6. The number of hydrogen-bond donors (Lipinski definition) is 3. The molecule has 8 nitrogen and oxygen atoms in total. The summed E-state index contributed by atoms with van der Waals surface area (Å²) in [6.07, 6.45) is 1.22. The van der Waals surface area contributed by atoms with Crippen LogP contribution >= 0.6 is 0 Å². The first-order valence-corrected chi connectivity index (χ1v) is 7.17. The summed E-state index contributed by atoms with van der Waals surface area (Å²) in [6.45, 7) is 1.14. The maximum absolute atomic E-state index is 13.6. The lowest BCUT2D eigenvalue weighted by atomic mass is 10.1. The highest BCUT2D eigenvalue weighted by Crippen LogP contribution is 2.19. The number of aromatic amines is 1. The summed E-state index contributed by atoms with van der Waals surface area (Å²) in [5.41, 5.74) is -0.773. The van der Waals surface area contributed by atoms with Crippen molar-refractivity contribution in [2.24, 2.45) is 0 Å². The number of aromatic nitrogens is 3. The van der Waals surface area contributed by atoms with E-state index in [2.05, 4.69) is 19.9 Å². The van der Waals surface area contributed by atoms with Crippen LogP contribution in [0.5, 0.6) is 0 Å². The Hall–Kier alpha value is -2.33. The minimum Gasteiger partial charge on any atom is -0.478 e. The van der Waals surface area contributed by atoms with Crippen LogP contribution in [-0.4, -0.2) is 34.7 Å². The van der Waals surface area contributed by atoms with E-state index in [1.807, 2.05) is 0 Å². The van der Waals surface area contributed by atoms with Crippen LogP contribution < -0.4 is 4.72 Å². The SMILES string of the molecule is Cc1cc(S(=O)(=O)NCc2ncn[nH]2)cc(C(=O)O)c1F. The van der Waals surface area contributed by atoms with Crippen molar-refractivity contribution in [3.63, 3.8) is 0 Å². The van der Waals surface area contributed by atoms with Crippen molar-refractivity contribution in [1.82, 2.24) is 19.9 Å². The lowest BCUT2D eigenvalue weighted by Gasteiger charge is -2.08. The van der Waals surface area contributed by atoms with E-state index in [1.54, 1.807) is 0 Å².